The highest BCUT2D eigenvalue weighted by molar-refractivity contribution is 6.38. The molecule has 0 aliphatic carbocycles. The van der Waals surface area contributed by atoms with E-state index < -0.39 is 0 Å². The van der Waals surface area contributed by atoms with Crippen LogP contribution in [0.25, 0.3) is 27.0 Å². The molecule has 0 radical (unpaired) electrons. The topological polar surface area (TPSA) is 45.9 Å². The number of hydrogen-bond acceptors (Lipinski definition) is 2. The highest BCUT2D eigenvalue weighted by atomic mass is 35.5. The van der Waals surface area contributed by atoms with E-state index in [1.807, 2.05) is 19.2 Å². The minimum absolute atomic E-state index is 0.198. The van der Waals surface area contributed by atoms with Crippen LogP contribution < -0.4 is 0 Å². The van der Waals surface area contributed by atoms with E-state index in [9.17, 15) is 0 Å². The average molecular weight is 303 g/mol. The first kappa shape index (κ1) is 12.9. The molecule has 0 bridgehead atoms. The molecule has 98 valence electrons. The van der Waals surface area contributed by atoms with E-state index in [0.717, 1.165) is 27.7 Å². The minimum atomic E-state index is 0.198. The summed E-state index contributed by atoms with van der Waals surface area (Å²) in [5, 5.41) is 1.52. The molecule has 0 fully saturated rings. The third kappa shape index (κ3) is 1.92. The van der Waals surface area contributed by atoms with Gasteiger partial charge in [0.15, 0.2) is 0 Å². The molecule has 20 heavy (non-hydrogen) atoms. The smallest absolute Gasteiger partial charge is 0.222 e. The van der Waals surface area contributed by atoms with Crippen molar-refractivity contribution in [1.29, 1.82) is 0 Å². The normalized spacial score (nSPS) is 10.7. The van der Waals surface area contributed by atoms with Crippen molar-refractivity contribution in [3.8, 4) is 11.3 Å². The Hall–Kier alpha value is -2.09. The van der Waals surface area contributed by atoms with Crippen molar-refractivity contribution in [2.75, 3.05) is 0 Å². The summed E-state index contributed by atoms with van der Waals surface area (Å²) >= 11 is 12.1. The molecule has 2 aromatic heterocycles. The quantitative estimate of drug-likeness (QED) is 0.519. The summed E-state index contributed by atoms with van der Waals surface area (Å²) in [6.45, 7) is 9.00. The van der Waals surface area contributed by atoms with Gasteiger partial charge in [0.05, 0.1) is 22.8 Å². The fourth-order valence-electron chi connectivity index (χ4n) is 2.13. The maximum atomic E-state index is 7.08. The molecule has 0 amide bonds. The zero-order valence-corrected chi connectivity index (χ0v) is 11.9. The van der Waals surface area contributed by atoms with Crippen LogP contribution in [0.15, 0.2) is 24.5 Å². The first-order valence-electron chi connectivity index (χ1n) is 5.78. The molecular formula is C14H8Cl2N4. The number of fused-ring (bicyclic) bond motifs is 1. The molecule has 0 aliphatic heterocycles. The zero-order chi connectivity index (χ0) is 14.3. The van der Waals surface area contributed by atoms with E-state index in [1.165, 1.54) is 0 Å². The molecule has 3 rings (SSSR count). The van der Waals surface area contributed by atoms with Gasteiger partial charge in [-0.25, -0.2) is 14.8 Å². The monoisotopic (exact) mass is 302 g/mol. The van der Waals surface area contributed by atoms with Crippen LogP contribution >= 0.6 is 23.2 Å². The number of aromatic nitrogens is 3. The lowest BCUT2D eigenvalue weighted by atomic mass is 10.1. The Morgan fingerprint density at radius 2 is 2.10 bits per heavy atom. The molecule has 2 heterocycles. The summed E-state index contributed by atoms with van der Waals surface area (Å²) in [4.78, 5) is 14.7. The van der Waals surface area contributed by atoms with Crippen molar-refractivity contribution in [3.63, 3.8) is 0 Å². The molecule has 4 nitrogen and oxygen atoms in total. The second-order valence-corrected chi connectivity index (χ2v) is 5.02. The van der Waals surface area contributed by atoms with E-state index in [4.69, 9.17) is 29.8 Å². The van der Waals surface area contributed by atoms with Crippen LogP contribution in [0.1, 0.15) is 5.56 Å². The van der Waals surface area contributed by atoms with Crippen molar-refractivity contribution in [2.24, 2.45) is 0 Å². The molecule has 0 aliphatic rings. The number of halogens is 2. The highest BCUT2D eigenvalue weighted by Gasteiger charge is 2.14. The Bertz CT molecular complexity index is 861. The van der Waals surface area contributed by atoms with Crippen LogP contribution in [0.3, 0.4) is 0 Å². The summed E-state index contributed by atoms with van der Waals surface area (Å²) < 4.78 is 0. The fraction of sp³-hybridized carbons (Fsp3) is 0.0714. The second-order valence-electron chi connectivity index (χ2n) is 4.31. The molecule has 0 unspecified atom stereocenters. The number of benzene rings is 1. The third-order valence-electron chi connectivity index (χ3n) is 3.09. The summed E-state index contributed by atoms with van der Waals surface area (Å²) in [5.74, 6) is 0. The van der Waals surface area contributed by atoms with Crippen molar-refractivity contribution in [2.45, 2.75) is 6.92 Å². The number of rotatable bonds is 1. The average Bonchev–Trinajstić information content (AvgIpc) is 2.86. The summed E-state index contributed by atoms with van der Waals surface area (Å²) in [6, 6.07) is 3.56. The van der Waals surface area contributed by atoms with Gasteiger partial charge in [-0.3, -0.25) is 0 Å². The molecule has 3 aromatic rings. The third-order valence-corrected chi connectivity index (χ3v) is 3.66. The van der Waals surface area contributed by atoms with Gasteiger partial charge in [-0.15, -0.1) is 0 Å². The number of hydrogen-bond donors (Lipinski definition) is 1. The lowest BCUT2D eigenvalue weighted by molar-refractivity contribution is 1.14. The first-order chi connectivity index (χ1) is 9.61. The SMILES string of the molecule is [C-]#[N+]c1ccc2c(-c3nc(Cl)ncc3C)c[nH]c2c1Cl. The highest BCUT2D eigenvalue weighted by Crippen LogP contribution is 2.37. The number of aromatic amines is 1. The van der Waals surface area contributed by atoms with Gasteiger partial charge in [-0.1, -0.05) is 23.7 Å². The van der Waals surface area contributed by atoms with Crippen LogP contribution in [0, 0.1) is 13.5 Å². The molecule has 0 spiro atoms. The van der Waals surface area contributed by atoms with Gasteiger partial charge >= 0.3 is 0 Å². The Morgan fingerprint density at radius 3 is 2.85 bits per heavy atom. The summed E-state index contributed by atoms with van der Waals surface area (Å²) in [7, 11) is 0. The van der Waals surface area contributed by atoms with Gasteiger partial charge in [0.25, 0.3) is 0 Å². The maximum Gasteiger partial charge on any atom is 0.222 e. The van der Waals surface area contributed by atoms with Crippen LogP contribution in [-0.4, -0.2) is 15.0 Å². The molecule has 0 saturated heterocycles. The fourth-order valence-corrected chi connectivity index (χ4v) is 2.52. The number of aryl methyl sites for hydroxylation is 1. The van der Waals surface area contributed by atoms with Gasteiger partial charge in [0.1, 0.15) is 0 Å². The number of nitrogens with one attached hydrogen (secondary N) is 1. The Labute approximate surface area is 125 Å². The van der Waals surface area contributed by atoms with Crippen LogP contribution in [-0.2, 0) is 0 Å². The van der Waals surface area contributed by atoms with Gasteiger partial charge < -0.3 is 4.98 Å². The van der Waals surface area contributed by atoms with Crippen molar-refractivity contribution in [3.05, 3.63) is 51.8 Å². The molecule has 1 N–H and O–H groups in total. The van der Waals surface area contributed by atoms with E-state index in [2.05, 4.69) is 19.8 Å². The molecule has 0 saturated carbocycles. The summed E-state index contributed by atoms with van der Waals surface area (Å²) in [6.07, 6.45) is 3.49. The van der Waals surface area contributed by atoms with Gasteiger partial charge in [0, 0.05) is 23.3 Å². The van der Waals surface area contributed by atoms with Crippen molar-refractivity contribution < 1.29 is 0 Å². The molecular weight excluding hydrogens is 295 g/mol. The summed E-state index contributed by atoms with van der Waals surface area (Å²) in [5.41, 5.74) is 3.71. The number of nitrogens with zero attached hydrogens (tertiary/aromatic N) is 3. The predicted octanol–water partition coefficient (Wildman–Crippen LogP) is 4.79. The molecule has 0 atom stereocenters. The standard InChI is InChI=1S/C14H8Cl2N4/c1-7-5-19-14(16)20-12(7)9-6-18-13-8(9)3-4-10(17-2)11(13)15/h3-6,18H,1H3. The van der Waals surface area contributed by atoms with Crippen molar-refractivity contribution in [1.82, 2.24) is 15.0 Å². The second kappa shape index (κ2) is 4.78. The molecule has 6 heteroatoms. The lowest BCUT2D eigenvalue weighted by Gasteiger charge is -2.04. The van der Waals surface area contributed by atoms with Crippen molar-refractivity contribution >= 4 is 39.8 Å². The van der Waals surface area contributed by atoms with E-state index in [1.54, 1.807) is 12.3 Å². The number of H-pyrrole nitrogens is 1. The predicted molar refractivity (Wildman–Crippen MR) is 80.3 cm³/mol. The van der Waals surface area contributed by atoms with Gasteiger partial charge in [0.2, 0.25) is 11.0 Å². The van der Waals surface area contributed by atoms with E-state index in [-0.39, 0.29) is 5.28 Å². The van der Waals surface area contributed by atoms with Crippen LogP contribution in [0.5, 0.6) is 0 Å². The Kier molecular flexibility index (Phi) is 3.09. The van der Waals surface area contributed by atoms with Gasteiger partial charge in [-0.2, -0.15) is 0 Å². The lowest BCUT2D eigenvalue weighted by Crippen LogP contribution is -1.90. The minimum Gasteiger partial charge on any atom is -0.360 e. The Balaban J connectivity index is 2.31. The van der Waals surface area contributed by atoms with Gasteiger partial charge in [-0.05, 0) is 24.1 Å². The Morgan fingerprint density at radius 1 is 1.30 bits per heavy atom. The van der Waals surface area contributed by atoms with E-state index in [0.29, 0.717) is 10.7 Å². The van der Waals surface area contributed by atoms with Crippen LogP contribution in [0.4, 0.5) is 5.69 Å². The first-order valence-corrected chi connectivity index (χ1v) is 6.54. The largest absolute Gasteiger partial charge is 0.360 e. The zero-order valence-electron chi connectivity index (χ0n) is 10.4. The van der Waals surface area contributed by atoms with E-state index >= 15 is 0 Å². The van der Waals surface area contributed by atoms with Crippen LogP contribution in [0.2, 0.25) is 10.3 Å². The molecule has 1 aromatic carbocycles. The maximum absolute atomic E-state index is 7.08.